The zero-order valence-corrected chi connectivity index (χ0v) is 22.6. The maximum atomic E-state index is 12.7. The van der Waals surface area contributed by atoms with E-state index in [-0.39, 0.29) is 24.1 Å². The predicted octanol–water partition coefficient (Wildman–Crippen LogP) is 4.81. The largest absolute Gasteiger partial charge is 0.345 e. The predicted molar refractivity (Wildman–Crippen MR) is 140 cm³/mol. The molecule has 2 N–H and O–H groups in total. The highest BCUT2D eigenvalue weighted by atomic mass is 79.9. The van der Waals surface area contributed by atoms with Crippen LogP contribution in [0.25, 0.3) is 5.69 Å². The van der Waals surface area contributed by atoms with Gasteiger partial charge in [-0.05, 0) is 49.7 Å². The smallest absolute Gasteiger partial charge is 0.253 e. The highest BCUT2D eigenvalue weighted by Crippen LogP contribution is 2.24. The highest BCUT2D eigenvalue weighted by molar-refractivity contribution is 9.10. The van der Waals surface area contributed by atoms with Crippen LogP contribution >= 0.6 is 50.6 Å². The SMILES string of the molecule is Cc1cccc(-n2c(CNC(=O)c3cc(Br)ccc3Cl)nnc2SCC(=O)Nc2nnc(C)s2)c1. The molecule has 0 atom stereocenters. The normalized spacial score (nSPS) is 10.9. The molecule has 4 rings (SSSR count). The summed E-state index contributed by atoms with van der Waals surface area (Å²) in [6.07, 6.45) is 0. The van der Waals surface area contributed by atoms with Crippen molar-refractivity contribution in [2.75, 3.05) is 11.1 Å². The van der Waals surface area contributed by atoms with Crippen LogP contribution in [0.4, 0.5) is 5.13 Å². The third-order valence-corrected chi connectivity index (χ3v) is 7.15. The molecule has 4 aromatic rings. The first-order valence-electron chi connectivity index (χ1n) is 10.3. The number of benzene rings is 2. The molecule has 0 bridgehead atoms. The van der Waals surface area contributed by atoms with Gasteiger partial charge in [0, 0.05) is 10.2 Å². The first-order valence-corrected chi connectivity index (χ1v) is 13.2. The molecule has 0 saturated carbocycles. The summed E-state index contributed by atoms with van der Waals surface area (Å²) in [6.45, 7) is 3.91. The van der Waals surface area contributed by atoms with E-state index >= 15 is 0 Å². The number of nitrogens with zero attached hydrogens (tertiary/aromatic N) is 5. The first-order chi connectivity index (χ1) is 16.8. The van der Waals surface area contributed by atoms with Crippen molar-refractivity contribution in [1.29, 1.82) is 0 Å². The first kappa shape index (κ1) is 25.3. The van der Waals surface area contributed by atoms with Crippen LogP contribution in [-0.4, -0.2) is 42.5 Å². The number of anilines is 1. The maximum Gasteiger partial charge on any atom is 0.253 e. The third-order valence-electron chi connectivity index (χ3n) is 4.65. The second kappa shape index (κ2) is 11.3. The van der Waals surface area contributed by atoms with E-state index in [1.54, 1.807) is 18.2 Å². The van der Waals surface area contributed by atoms with Gasteiger partial charge in [-0.2, -0.15) is 0 Å². The van der Waals surface area contributed by atoms with Crippen molar-refractivity contribution < 1.29 is 9.59 Å². The molecular formula is C22H19BrClN7O2S2. The third kappa shape index (κ3) is 6.45. The lowest BCUT2D eigenvalue weighted by Gasteiger charge is -2.12. The van der Waals surface area contributed by atoms with Crippen LogP contribution in [0.2, 0.25) is 5.02 Å². The fourth-order valence-corrected chi connectivity index (χ4v) is 5.04. The van der Waals surface area contributed by atoms with Crippen LogP contribution in [0.3, 0.4) is 0 Å². The molecule has 0 aliphatic carbocycles. The summed E-state index contributed by atoms with van der Waals surface area (Å²) in [4.78, 5) is 25.2. The molecule has 2 amide bonds. The van der Waals surface area contributed by atoms with Gasteiger partial charge in [0.25, 0.3) is 5.91 Å². The molecule has 0 radical (unpaired) electrons. The van der Waals surface area contributed by atoms with Crippen molar-refractivity contribution in [2.24, 2.45) is 0 Å². The molecule has 9 nitrogen and oxygen atoms in total. The Morgan fingerprint density at radius 3 is 2.69 bits per heavy atom. The molecule has 180 valence electrons. The highest BCUT2D eigenvalue weighted by Gasteiger charge is 2.18. The average molecular weight is 593 g/mol. The summed E-state index contributed by atoms with van der Waals surface area (Å²) in [7, 11) is 0. The van der Waals surface area contributed by atoms with Gasteiger partial charge in [-0.3, -0.25) is 19.5 Å². The van der Waals surface area contributed by atoms with Crippen LogP contribution in [0, 0.1) is 13.8 Å². The van der Waals surface area contributed by atoms with Crippen LogP contribution in [-0.2, 0) is 11.3 Å². The Morgan fingerprint density at radius 2 is 1.94 bits per heavy atom. The van der Waals surface area contributed by atoms with Gasteiger partial charge < -0.3 is 5.32 Å². The second-order valence-corrected chi connectivity index (χ2v) is 10.8. The number of amides is 2. The lowest BCUT2D eigenvalue weighted by molar-refractivity contribution is -0.113. The van der Waals surface area contributed by atoms with E-state index in [1.807, 2.05) is 42.7 Å². The number of rotatable bonds is 8. The number of aromatic nitrogens is 5. The summed E-state index contributed by atoms with van der Waals surface area (Å²) in [5.74, 6) is 0.0422. The monoisotopic (exact) mass is 591 g/mol. The summed E-state index contributed by atoms with van der Waals surface area (Å²) >= 11 is 12.1. The van der Waals surface area contributed by atoms with Gasteiger partial charge in [-0.25, -0.2) is 0 Å². The van der Waals surface area contributed by atoms with Crippen LogP contribution in [0.5, 0.6) is 0 Å². The topological polar surface area (TPSA) is 115 Å². The van der Waals surface area contributed by atoms with E-state index in [9.17, 15) is 9.59 Å². The lowest BCUT2D eigenvalue weighted by Crippen LogP contribution is -2.25. The minimum Gasteiger partial charge on any atom is -0.345 e. The Balaban J connectivity index is 1.52. The van der Waals surface area contributed by atoms with Crippen molar-refractivity contribution in [3.05, 3.63) is 73.9 Å². The number of hydrogen-bond donors (Lipinski definition) is 2. The molecule has 0 aliphatic rings. The maximum absolute atomic E-state index is 12.7. The molecule has 13 heteroatoms. The fourth-order valence-electron chi connectivity index (χ4n) is 3.09. The van der Waals surface area contributed by atoms with Gasteiger partial charge in [0.15, 0.2) is 11.0 Å². The van der Waals surface area contributed by atoms with E-state index in [0.29, 0.717) is 26.7 Å². The minimum atomic E-state index is -0.337. The Labute approximate surface area is 222 Å². The van der Waals surface area contributed by atoms with Crippen LogP contribution in [0.15, 0.2) is 52.1 Å². The quantitative estimate of drug-likeness (QED) is 0.282. The zero-order valence-electron chi connectivity index (χ0n) is 18.6. The summed E-state index contributed by atoms with van der Waals surface area (Å²) in [5, 5.41) is 24.0. The molecule has 35 heavy (non-hydrogen) atoms. The Kier molecular flexibility index (Phi) is 8.16. The van der Waals surface area contributed by atoms with E-state index in [2.05, 4.69) is 47.0 Å². The van der Waals surface area contributed by atoms with Gasteiger partial charge in [0.2, 0.25) is 11.0 Å². The van der Waals surface area contributed by atoms with Crippen molar-refractivity contribution in [1.82, 2.24) is 30.3 Å². The van der Waals surface area contributed by atoms with Crippen molar-refractivity contribution in [2.45, 2.75) is 25.5 Å². The average Bonchev–Trinajstić information content (AvgIpc) is 3.43. The van der Waals surface area contributed by atoms with Gasteiger partial charge in [-0.15, -0.1) is 20.4 Å². The zero-order chi connectivity index (χ0) is 24.9. The van der Waals surface area contributed by atoms with E-state index in [0.717, 1.165) is 20.7 Å². The number of carbonyl (C=O) groups is 2. The Bertz CT molecular complexity index is 1390. The van der Waals surface area contributed by atoms with Gasteiger partial charge >= 0.3 is 0 Å². The molecule has 0 aliphatic heterocycles. The van der Waals surface area contributed by atoms with Crippen molar-refractivity contribution >= 4 is 67.6 Å². The van der Waals surface area contributed by atoms with E-state index in [1.165, 1.54) is 23.1 Å². The van der Waals surface area contributed by atoms with Crippen LogP contribution in [0.1, 0.15) is 26.8 Å². The van der Waals surface area contributed by atoms with Gasteiger partial charge in [0.1, 0.15) is 5.01 Å². The Hall–Kier alpha value is -2.80. The van der Waals surface area contributed by atoms with Gasteiger partial charge in [-0.1, -0.05) is 62.8 Å². The van der Waals surface area contributed by atoms with E-state index in [4.69, 9.17) is 11.6 Å². The lowest BCUT2D eigenvalue weighted by atomic mass is 10.2. The van der Waals surface area contributed by atoms with Crippen molar-refractivity contribution in [3.8, 4) is 5.69 Å². The molecule has 2 aromatic heterocycles. The number of carbonyl (C=O) groups excluding carboxylic acids is 2. The molecule has 2 heterocycles. The number of hydrogen-bond acceptors (Lipinski definition) is 8. The fraction of sp³-hybridized carbons (Fsp3) is 0.182. The number of aryl methyl sites for hydroxylation is 2. The second-order valence-electron chi connectivity index (χ2n) is 7.34. The minimum absolute atomic E-state index is 0.0998. The molecule has 0 saturated heterocycles. The molecule has 0 spiro atoms. The summed E-state index contributed by atoms with van der Waals surface area (Å²) in [6, 6.07) is 12.9. The molecule has 0 unspecified atom stereocenters. The molecule has 0 fully saturated rings. The number of thioether (sulfide) groups is 1. The molecule has 2 aromatic carbocycles. The number of halogens is 2. The van der Waals surface area contributed by atoms with Crippen LogP contribution < -0.4 is 10.6 Å². The Morgan fingerprint density at radius 1 is 1.11 bits per heavy atom. The van der Waals surface area contributed by atoms with E-state index < -0.39 is 0 Å². The van der Waals surface area contributed by atoms with Gasteiger partial charge in [0.05, 0.1) is 22.9 Å². The standard InChI is InChI=1S/C22H19BrClN7O2S2/c1-12-4-3-5-15(8-12)31-18(10-25-20(33)16-9-14(23)6-7-17(16)24)28-30-22(31)34-11-19(32)26-21-29-27-13(2)35-21/h3-9H,10-11H2,1-2H3,(H,25,33)(H,26,29,32). The summed E-state index contributed by atoms with van der Waals surface area (Å²) < 4.78 is 2.57. The number of nitrogens with one attached hydrogen (secondary N) is 2. The summed E-state index contributed by atoms with van der Waals surface area (Å²) in [5.41, 5.74) is 2.22. The molecular weight excluding hydrogens is 574 g/mol. The van der Waals surface area contributed by atoms with Crippen molar-refractivity contribution in [3.63, 3.8) is 0 Å².